The van der Waals surface area contributed by atoms with E-state index in [1.165, 1.54) is 18.0 Å². The number of hydrogen-bond donors (Lipinski definition) is 1. The molecule has 0 aromatic heterocycles. The fourth-order valence-corrected chi connectivity index (χ4v) is 2.17. The molecule has 84 valence electrons. The van der Waals surface area contributed by atoms with Gasteiger partial charge in [0.15, 0.2) is 0 Å². The second kappa shape index (κ2) is 6.41. The number of rotatable bonds is 7. The Morgan fingerprint density at radius 2 is 1.86 bits per heavy atom. The summed E-state index contributed by atoms with van der Waals surface area (Å²) >= 11 is 0. The lowest BCUT2D eigenvalue weighted by Crippen LogP contribution is -2.26. The van der Waals surface area contributed by atoms with Gasteiger partial charge in [0.25, 0.3) is 0 Å². The van der Waals surface area contributed by atoms with Crippen LogP contribution in [0, 0.1) is 0 Å². The summed E-state index contributed by atoms with van der Waals surface area (Å²) in [5.41, 5.74) is 0. The summed E-state index contributed by atoms with van der Waals surface area (Å²) in [7, 11) is -1.23. The van der Waals surface area contributed by atoms with Crippen LogP contribution in [0.1, 0.15) is 39.0 Å². The molecule has 0 bridgehead atoms. The van der Waals surface area contributed by atoms with Gasteiger partial charge >= 0.3 is 0 Å². The van der Waals surface area contributed by atoms with Crippen LogP contribution in [-0.4, -0.2) is 19.3 Å². The SMILES string of the molecule is C=C(CC(O)CCCCC)[Si](C)(C)C. The van der Waals surface area contributed by atoms with E-state index in [-0.39, 0.29) is 6.10 Å². The van der Waals surface area contributed by atoms with Gasteiger partial charge in [0, 0.05) is 0 Å². The van der Waals surface area contributed by atoms with Gasteiger partial charge in [-0.25, -0.2) is 0 Å². The molecule has 0 fully saturated rings. The standard InChI is InChI=1S/C12H26OSi/c1-6-7-8-9-12(13)10-11(2)14(3,4)5/h12-13H,2,6-10H2,1,3-5H3. The summed E-state index contributed by atoms with van der Waals surface area (Å²) in [6, 6.07) is 0. The molecule has 0 aliphatic rings. The van der Waals surface area contributed by atoms with Crippen molar-refractivity contribution < 1.29 is 5.11 Å². The number of hydrogen-bond acceptors (Lipinski definition) is 1. The van der Waals surface area contributed by atoms with Gasteiger partial charge in [0.2, 0.25) is 0 Å². The molecule has 0 amide bonds. The molecule has 0 saturated heterocycles. The average molecular weight is 214 g/mol. The zero-order valence-corrected chi connectivity index (χ0v) is 11.3. The highest BCUT2D eigenvalue weighted by atomic mass is 28.3. The molecule has 0 saturated carbocycles. The highest BCUT2D eigenvalue weighted by Gasteiger charge is 2.19. The van der Waals surface area contributed by atoms with Crippen LogP contribution in [0.25, 0.3) is 0 Å². The van der Waals surface area contributed by atoms with E-state index >= 15 is 0 Å². The Morgan fingerprint density at radius 1 is 1.29 bits per heavy atom. The second-order valence-electron chi connectivity index (χ2n) is 5.21. The molecule has 0 rings (SSSR count). The van der Waals surface area contributed by atoms with Gasteiger partial charge in [-0.1, -0.05) is 51.0 Å². The lowest BCUT2D eigenvalue weighted by Gasteiger charge is -2.22. The van der Waals surface area contributed by atoms with Gasteiger partial charge in [0.05, 0.1) is 14.2 Å². The molecule has 0 aliphatic heterocycles. The third kappa shape index (κ3) is 6.38. The number of aliphatic hydroxyl groups excluding tert-OH is 1. The van der Waals surface area contributed by atoms with Crippen molar-refractivity contribution in [1.82, 2.24) is 0 Å². The molecule has 1 nitrogen and oxygen atoms in total. The monoisotopic (exact) mass is 214 g/mol. The van der Waals surface area contributed by atoms with E-state index < -0.39 is 8.07 Å². The summed E-state index contributed by atoms with van der Waals surface area (Å²) in [4.78, 5) is 0. The summed E-state index contributed by atoms with van der Waals surface area (Å²) in [6.45, 7) is 13.1. The van der Waals surface area contributed by atoms with Crippen molar-refractivity contribution in [3.63, 3.8) is 0 Å². The maximum absolute atomic E-state index is 9.77. The van der Waals surface area contributed by atoms with Crippen LogP contribution >= 0.6 is 0 Å². The zero-order valence-electron chi connectivity index (χ0n) is 10.3. The molecule has 0 spiro atoms. The Labute approximate surface area is 90.2 Å². The first kappa shape index (κ1) is 13.9. The van der Waals surface area contributed by atoms with Crippen molar-refractivity contribution in [2.45, 2.75) is 64.8 Å². The molecule has 1 unspecified atom stereocenters. The van der Waals surface area contributed by atoms with Crippen LogP contribution in [0.2, 0.25) is 19.6 Å². The Balaban J connectivity index is 3.72. The fraction of sp³-hybridized carbons (Fsp3) is 0.833. The molecular formula is C12H26OSi. The smallest absolute Gasteiger partial charge is 0.0717 e. The zero-order chi connectivity index (χ0) is 11.2. The van der Waals surface area contributed by atoms with Crippen LogP contribution in [0.4, 0.5) is 0 Å². The minimum atomic E-state index is -1.23. The molecule has 1 N–H and O–H groups in total. The van der Waals surface area contributed by atoms with E-state index in [1.54, 1.807) is 0 Å². The first-order valence-electron chi connectivity index (χ1n) is 5.74. The highest BCUT2D eigenvalue weighted by molar-refractivity contribution is 6.82. The minimum Gasteiger partial charge on any atom is -0.393 e. The van der Waals surface area contributed by atoms with Crippen molar-refractivity contribution in [2.24, 2.45) is 0 Å². The lowest BCUT2D eigenvalue weighted by molar-refractivity contribution is 0.162. The van der Waals surface area contributed by atoms with E-state index in [0.717, 1.165) is 19.3 Å². The third-order valence-electron chi connectivity index (χ3n) is 2.68. The molecule has 0 aromatic carbocycles. The maximum Gasteiger partial charge on any atom is 0.0717 e. The van der Waals surface area contributed by atoms with Crippen molar-refractivity contribution in [1.29, 1.82) is 0 Å². The summed E-state index contributed by atoms with van der Waals surface area (Å²) < 4.78 is 0. The average Bonchev–Trinajstić information content (AvgIpc) is 2.03. The Hall–Kier alpha value is -0.0831. The van der Waals surface area contributed by atoms with Crippen LogP contribution in [0.5, 0.6) is 0 Å². The minimum absolute atomic E-state index is 0.152. The van der Waals surface area contributed by atoms with Crippen LogP contribution in [0.15, 0.2) is 11.8 Å². The normalized spacial score (nSPS) is 14.1. The van der Waals surface area contributed by atoms with E-state index in [4.69, 9.17) is 0 Å². The molecule has 14 heavy (non-hydrogen) atoms. The first-order valence-corrected chi connectivity index (χ1v) is 9.24. The fourth-order valence-electron chi connectivity index (χ4n) is 1.32. The van der Waals surface area contributed by atoms with Gasteiger partial charge < -0.3 is 5.11 Å². The molecule has 1 atom stereocenters. The molecule has 2 heteroatoms. The Bertz CT molecular complexity index is 170. The van der Waals surface area contributed by atoms with Crippen LogP contribution in [0.3, 0.4) is 0 Å². The van der Waals surface area contributed by atoms with E-state index in [2.05, 4.69) is 33.1 Å². The Morgan fingerprint density at radius 3 is 2.29 bits per heavy atom. The number of unbranched alkanes of at least 4 members (excludes halogenated alkanes) is 2. The van der Waals surface area contributed by atoms with Gasteiger partial charge in [0.1, 0.15) is 0 Å². The van der Waals surface area contributed by atoms with E-state index in [9.17, 15) is 5.11 Å². The predicted molar refractivity (Wildman–Crippen MR) is 67.3 cm³/mol. The van der Waals surface area contributed by atoms with Crippen molar-refractivity contribution in [2.75, 3.05) is 0 Å². The third-order valence-corrected chi connectivity index (χ3v) is 5.01. The largest absolute Gasteiger partial charge is 0.393 e. The molecular weight excluding hydrogens is 188 g/mol. The summed E-state index contributed by atoms with van der Waals surface area (Å²) in [6.07, 6.45) is 5.21. The van der Waals surface area contributed by atoms with Gasteiger partial charge in [-0.05, 0) is 12.8 Å². The molecule has 0 aromatic rings. The first-order chi connectivity index (χ1) is 6.38. The van der Waals surface area contributed by atoms with Crippen LogP contribution < -0.4 is 0 Å². The molecule has 0 radical (unpaired) electrons. The molecule has 0 aliphatic carbocycles. The summed E-state index contributed by atoms with van der Waals surface area (Å²) in [5.74, 6) is 0. The topological polar surface area (TPSA) is 20.2 Å². The lowest BCUT2D eigenvalue weighted by atomic mass is 10.1. The predicted octanol–water partition coefficient (Wildman–Crippen LogP) is 3.75. The van der Waals surface area contributed by atoms with Gasteiger partial charge in [-0.2, -0.15) is 0 Å². The summed E-state index contributed by atoms with van der Waals surface area (Å²) in [5, 5.41) is 11.1. The molecule has 0 heterocycles. The van der Waals surface area contributed by atoms with Crippen molar-refractivity contribution in [3.05, 3.63) is 11.8 Å². The quantitative estimate of drug-likeness (QED) is 0.505. The number of aliphatic hydroxyl groups is 1. The Kier molecular flexibility index (Phi) is 6.37. The van der Waals surface area contributed by atoms with Crippen molar-refractivity contribution in [3.8, 4) is 0 Å². The maximum atomic E-state index is 9.77. The van der Waals surface area contributed by atoms with E-state index in [1.807, 2.05) is 0 Å². The highest BCUT2D eigenvalue weighted by Crippen LogP contribution is 2.19. The van der Waals surface area contributed by atoms with Crippen LogP contribution in [-0.2, 0) is 0 Å². The second-order valence-corrected chi connectivity index (χ2v) is 10.4. The van der Waals surface area contributed by atoms with Crippen molar-refractivity contribution >= 4 is 8.07 Å². The van der Waals surface area contributed by atoms with Gasteiger partial charge in [-0.3, -0.25) is 0 Å². The van der Waals surface area contributed by atoms with E-state index in [0.29, 0.717) is 0 Å². The van der Waals surface area contributed by atoms with Gasteiger partial charge in [-0.15, -0.1) is 6.58 Å².